The van der Waals surface area contributed by atoms with E-state index in [1.165, 1.54) is 6.26 Å². The Bertz CT molecular complexity index is 589. The van der Waals surface area contributed by atoms with Crippen LogP contribution >= 0.6 is 0 Å². The summed E-state index contributed by atoms with van der Waals surface area (Å²) in [6.45, 7) is 4.48. The Balaban J connectivity index is 2.24. The number of benzene rings is 1. The lowest BCUT2D eigenvalue weighted by Crippen LogP contribution is -1.99. The van der Waals surface area contributed by atoms with Gasteiger partial charge < -0.3 is 14.3 Å². The van der Waals surface area contributed by atoms with Crippen molar-refractivity contribution in [1.82, 2.24) is 4.98 Å². The predicted molar refractivity (Wildman–Crippen MR) is 69.2 cm³/mol. The first kappa shape index (κ1) is 13.1. The third kappa shape index (κ3) is 3.13. The Morgan fingerprint density at radius 3 is 2.89 bits per heavy atom. The normalized spacial score (nSPS) is 10.4. The van der Waals surface area contributed by atoms with Gasteiger partial charge in [0.05, 0.1) is 18.7 Å². The number of aryl methyl sites for hydroxylation is 1. The molecule has 1 aromatic heterocycles. The summed E-state index contributed by atoms with van der Waals surface area (Å²) in [6, 6.07) is 5.60. The fourth-order valence-corrected chi connectivity index (χ4v) is 1.78. The highest BCUT2D eigenvalue weighted by molar-refractivity contribution is 5.69. The number of carboxylic acid groups (broad SMARTS) is 1. The predicted octanol–water partition coefficient (Wildman–Crippen LogP) is 2.68. The van der Waals surface area contributed by atoms with Gasteiger partial charge in [-0.1, -0.05) is 0 Å². The van der Waals surface area contributed by atoms with Gasteiger partial charge in [0.25, 0.3) is 0 Å². The summed E-state index contributed by atoms with van der Waals surface area (Å²) in [4.78, 5) is 14.7. The number of oxazole rings is 1. The lowest BCUT2D eigenvalue weighted by atomic mass is 10.1. The Morgan fingerprint density at radius 2 is 2.26 bits per heavy atom. The van der Waals surface area contributed by atoms with Crippen molar-refractivity contribution in [3.05, 3.63) is 35.7 Å². The van der Waals surface area contributed by atoms with E-state index in [0.29, 0.717) is 18.2 Å². The molecule has 1 heterocycles. The van der Waals surface area contributed by atoms with Crippen LogP contribution in [-0.4, -0.2) is 22.7 Å². The lowest BCUT2D eigenvalue weighted by Gasteiger charge is -2.07. The summed E-state index contributed by atoms with van der Waals surface area (Å²) >= 11 is 0. The van der Waals surface area contributed by atoms with E-state index in [2.05, 4.69) is 4.98 Å². The van der Waals surface area contributed by atoms with Crippen LogP contribution in [0.5, 0.6) is 5.75 Å². The molecule has 0 amide bonds. The molecule has 0 aliphatic carbocycles. The zero-order chi connectivity index (χ0) is 13.8. The van der Waals surface area contributed by atoms with Crippen LogP contribution in [0.4, 0.5) is 0 Å². The van der Waals surface area contributed by atoms with Gasteiger partial charge in [-0.15, -0.1) is 0 Å². The average Bonchev–Trinajstić information content (AvgIpc) is 2.79. The second-order valence-electron chi connectivity index (χ2n) is 4.13. The van der Waals surface area contributed by atoms with E-state index in [4.69, 9.17) is 14.3 Å². The van der Waals surface area contributed by atoms with Gasteiger partial charge in [0.2, 0.25) is 5.89 Å². The minimum atomic E-state index is -0.928. The van der Waals surface area contributed by atoms with Crippen LogP contribution < -0.4 is 4.74 Å². The molecule has 0 unspecified atom stereocenters. The molecule has 0 radical (unpaired) electrons. The van der Waals surface area contributed by atoms with Crippen molar-refractivity contribution in [3.63, 3.8) is 0 Å². The van der Waals surface area contributed by atoms with Crippen molar-refractivity contribution in [3.8, 4) is 17.2 Å². The van der Waals surface area contributed by atoms with Gasteiger partial charge in [0, 0.05) is 5.56 Å². The third-order valence-electron chi connectivity index (χ3n) is 2.61. The SMILES string of the molecule is CCOc1ccc(-c2nc(CC(=O)O)co2)cc1C. The zero-order valence-electron chi connectivity index (χ0n) is 10.8. The van der Waals surface area contributed by atoms with E-state index in [0.717, 1.165) is 16.9 Å². The molecule has 100 valence electrons. The molecular weight excluding hydrogens is 246 g/mol. The Labute approximate surface area is 110 Å². The van der Waals surface area contributed by atoms with Crippen molar-refractivity contribution >= 4 is 5.97 Å². The number of hydrogen-bond acceptors (Lipinski definition) is 4. The summed E-state index contributed by atoms with van der Waals surface area (Å²) in [7, 11) is 0. The maximum absolute atomic E-state index is 10.6. The van der Waals surface area contributed by atoms with Gasteiger partial charge in [0.15, 0.2) is 0 Å². The second kappa shape index (κ2) is 5.56. The van der Waals surface area contributed by atoms with E-state index in [9.17, 15) is 4.79 Å². The van der Waals surface area contributed by atoms with Gasteiger partial charge in [-0.2, -0.15) is 0 Å². The van der Waals surface area contributed by atoms with Gasteiger partial charge >= 0.3 is 5.97 Å². The minimum absolute atomic E-state index is 0.139. The first-order chi connectivity index (χ1) is 9.10. The summed E-state index contributed by atoms with van der Waals surface area (Å²) in [6.07, 6.45) is 1.23. The van der Waals surface area contributed by atoms with Gasteiger partial charge in [-0.25, -0.2) is 4.98 Å². The van der Waals surface area contributed by atoms with Crippen LogP contribution in [0.2, 0.25) is 0 Å². The smallest absolute Gasteiger partial charge is 0.309 e. The minimum Gasteiger partial charge on any atom is -0.494 e. The van der Waals surface area contributed by atoms with E-state index in [1.54, 1.807) is 0 Å². The topological polar surface area (TPSA) is 72.6 Å². The van der Waals surface area contributed by atoms with Gasteiger partial charge in [-0.05, 0) is 37.6 Å². The monoisotopic (exact) mass is 261 g/mol. The molecule has 1 aromatic carbocycles. The molecule has 2 rings (SSSR count). The molecule has 0 saturated heterocycles. The number of ether oxygens (including phenoxy) is 1. The van der Waals surface area contributed by atoms with Crippen LogP contribution in [0.15, 0.2) is 28.9 Å². The molecular formula is C14H15NO4. The molecule has 5 heteroatoms. The first-order valence-electron chi connectivity index (χ1n) is 6.00. The molecule has 19 heavy (non-hydrogen) atoms. The van der Waals surface area contributed by atoms with Crippen LogP contribution in [0.25, 0.3) is 11.5 Å². The van der Waals surface area contributed by atoms with Crippen molar-refractivity contribution in [2.75, 3.05) is 6.61 Å². The molecule has 0 aliphatic rings. The summed E-state index contributed by atoms with van der Waals surface area (Å²) in [5, 5.41) is 8.69. The maximum atomic E-state index is 10.6. The molecule has 0 atom stereocenters. The van der Waals surface area contributed by atoms with Crippen LogP contribution in [0, 0.1) is 6.92 Å². The Morgan fingerprint density at radius 1 is 1.47 bits per heavy atom. The van der Waals surface area contributed by atoms with Gasteiger partial charge in [-0.3, -0.25) is 4.79 Å². The highest BCUT2D eigenvalue weighted by Crippen LogP contribution is 2.25. The summed E-state index contributed by atoms with van der Waals surface area (Å²) in [5.41, 5.74) is 2.20. The molecule has 0 aliphatic heterocycles. The summed E-state index contributed by atoms with van der Waals surface area (Å²) < 4.78 is 10.7. The van der Waals surface area contributed by atoms with Gasteiger partial charge in [0.1, 0.15) is 12.0 Å². The standard InChI is InChI=1S/C14H15NO4/c1-3-18-12-5-4-10(6-9(12)2)14-15-11(8-19-14)7-13(16)17/h4-6,8H,3,7H2,1-2H3,(H,16,17). The Hall–Kier alpha value is -2.30. The van der Waals surface area contributed by atoms with Crippen molar-refractivity contribution in [1.29, 1.82) is 0 Å². The van der Waals surface area contributed by atoms with Crippen LogP contribution in [0.1, 0.15) is 18.2 Å². The van der Waals surface area contributed by atoms with E-state index >= 15 is 0 Å². The number of carboxylic acids is 1. The fraction of sp³-hybridized carbons (Fsp3) is 0.286. The van der Waals surface area contributed by atoms with Crippen molar-refractivity contribution in [2.45, 2.75) is 20.3 Å². The number of aromatic nitrogens is 1. The second-order valence-corrected chi connectivity index (χ2v) is 4.13. The fourth-order valence-electron chi connectivity index (χ4n) is 1.78. The number of hydrogen-bond donors (Lipinski definition) is 1. The van der Waals surface area contributed by atoms with E-state index in [-0.39, 0.29) is 6.42 Å². The highest BCUT2D eigenvalue weighted by atomic mass is 16.5. The molecule has 1 N–H and O–H groups in total. The van der Waals surface area contributed by atoms with E-state index in [1.807, 2.05) is 32.0 Å². The van der Waals surface area contributed by atoms with Crippen LogP contribution in [-0.2, 0) is 11.2 Å². The van der Waals surface area contributed by atoms with Crippen molar-refractivity contribution in [2.24, 2.45) is 0 Å². The Kier molecular flexibility index (Phi) is 3.85. The van der Waals surface area contributed by atoms with Crippen LogP contribution in [0.3, 0.4) is 0 Å². The van der Waals surface area contributed by atoms with E-state index < -0.39 is 5.97 Å². The molecule has 0 fully saturated rings. The number of aliphatic carboxylic acids is 1. The zero-order valence-corrected chi connectivity index (χ0v) is 10.8. The third-order valence-corrected chi connectivity index (χ3v) is 2.61. The lowest BCUT2D eigenvalue weighted by molar-refractivity contribution is -0.136. The highest BCUT2D eigenvalue weighted by Gasteiger charge is 2.10. The quantitative estimate of drug-likeness (QED) is 0.895. The largest absolute Gasteiger partial charge is 0.494 e. The molecule has 0 bridgehead atoms. The molecule has 5 nitrogen and oxygen atoms in total. The average molecular weight is 261 g/mol. The molecule has 0 spiro atoms. The maximum Gasteiger partial charge on any atom is 0.309 e. The number of nitrogens with zero attached hydrogens (tertiary/aromatic N) is 1. The molecule has 0 saturated carbocycles. The van der Waals surface area contributed by atoms with Crippen molar-refractivity contribution < 1.29 is 19.1 Å². The number of carbonyl (C=O) groups is 1. The number of rotatable bonds is 5. The first-order valence-corrected chi connectivity index (χ1v) is 6.00. The molecule has 2 aromatic rings. The summed E-state index contributed by atoms with van der Waals surface area (Å²) in [5.74, 6) is 0.314.